The Labute approximate surface area is 142 Å². The van der Waals surface area contributed by atoms with Crippen LogP contribution in [0.5, 0.6) is 0 Å². The zero-order valence-corrected chi connectivity index (χ0v) is 13.5. The second kappa shape index (κ2) is 6.22. The molecule has 0 aliphatic heterocycles. The van der Waals surface area contributed by atoms with Gasteiger partial charge in [0, 0.05) is 17.1 Å². The molecule has 2 aromatic heterocycles. The Morgan fingerprint density at radius 3 is 2.62 bits per heavy atom. The Morgan fingerprint density at radius 2 is 1.75 bits per heavy atom. The van der Waals surface area contributed by atoms with E-state index < -0.39 is 0 Å². The van der Waals surface area contributed by atoms with Gasteiger partial charge in [-0.3, -0.25) is 9.78 Å². The summed E-state index contributed by atoms with van der Waals surface area (Å²) >= 11 is 1.33. The molecule has 0 saturated carbocycles. The highest BCUT2D eigenvalue weighted by Crippen LogP contribution is 2.27. The maximum absolute atomic E-state index is 12.7. The number of aromatic nitrogens is 2. The number of fused-ring (bicyclic) bond motifs is 1. The SMILES string of the molecule is O=C(Nc1cccc2cccnc12)c1scnc1-c1ccccc1. The molecule has 2 heterocycles. The number of anilines is 1. The summed E-state index contributed by atoms with van der Waals surface area (Å²) in [6.45, 7) is 0. The van der Waals surface area contributed by atoms with Crippen molar-refractivity contribution < 1.29 is 4.79 Å². The lowest BCUT2D eigenvalue weighted by atomic mass is 10.1. The minimum Gasteiger partial charge on any atom is -0.319 e. The predicted octanol–water partition coefficient (Wildman–Crippen LogP) is 4.61. The number of nitrogens with zero attached hydrogens (tertiary/aromatic N) is 2. The quantitative estimate of drug-likeness (QED) is 0.596. The lowest BCUT2D eigenvalue weighted by molar-refractivity contribution is 0.103. The lowest BCUT2D eigenvalue weighted by Gasteiger charge is -2.08. The summed E-state index contributed by atoms with van der Waals surface area (Å²) in [6, 6.07) is 19.3. The van der Waals surface area contributed by atoms with Crippen molar-refractivity contribution in [3.8, 4) is 11.3 Å². The summed E-state index contributed by atoms with van der Waals surface area (Å²) in [5.41, 5.74) is 4.80. The molecule has 4 rings (SSSR count). The zero-order chi connectivity index (χ0) is 16.4. The topological polar surface area (TPSA) is 54.9 Å². The predicted molar refractivity (Wildman–Crippen MR) is 97.2 cm³/mol. The van der Waals surface area contributed by atoms with E-state index in [1.807, 2.05) is 60.7 Å². The molecule has 0 atom stereocenters. The Bertz CT molecular complexity index is 1010. The molecule has 0 spiro atoms. The Hall–Kier alpha value is -3.05. The standard InChI is InChI=1S/C19H13N3OS/c23-19(18-17(21-12-24-18)14-6-2-1-3-7-14)22-15-10-4-8-13-9-5-11-20-16(13)15/h1-12H,(H,22,23). The molecule has 5 heteroatoms. The van der Waals surface area contributed by atoms with Crippen molar-refractivity contribution in [1.82, 2.24) is 9.97 Å². The van der Waals surface area contributed by atoms with Gasteiger partial charge in [0.05, 0.1) is 22.4 Å². The maximum atomic E-state index is 12.7. The fourth-order valence-electron chi connectivity index (χ4n) is 2.59. The van der Waals surface area contributed by atoms with Gasteiger partial charge in [-0.1, -0.05) is 48.5 Å². The Balaban J connectivity index is 1.70. The molecular weight excluding hydrogens is 318 g/mol. The van der Waals surface area contributed by atoms with Crippen LogP contribution in [0, 0.1) is 0 Å². The van der Waals surface area contributed by atoms with E-state index >= 15 is 0 Å². The number of benzene rings is 2. The van der Waals surface area contributed by atoms with E-state index in [4.69, 9.17) is 0 Å². The second-order valence-electron chi connectivity index (χ2n) is 5.23. The van der Waals surface area contributed by atoms with Gasteiger partial charge < -0.3 is 5.32 Å². The summed E-state index contributed by atoms with van der Waals surface area (Å²) in [7, 11) is 0. The van der Waals surface area contributed by atoms with Gasteiger partial charge >= 0.3 is 0 Å². The number of nitrogens with one attached hydrogen (secondary N) is 1. The first-order chi connectivity index (χ1) is 11.8. The van der Waals surface area contributed by atoms with Crippen LogP contribution in [0.2, 0.25) is 0 Å². The first kappa shape index (κ1) is 14.5. The lowest BCUT2D eigenvalue weighted by Crippen LogP contribution is -2.12. The molecule has 0 aliphatic rings. The molecule has 4 nitrogen and oxygen atoms in total. The van der Waals surface area contributed by atoms with Crippen LogP contribution in [0.15, 0.2) is 72.4 Å². The number of para-hydroxylation sites is 1. The molecule has 1 amide bonds. The van der Waals surface area contributed by atoms with E-state index in [9.17, 15) is 4.79 Å². The molecular formula is C19H13N3OS. The average molecular weight is 331 g/mol. The highest BCUT2D eigenvalue weighted by atomic mass is 32.1. The van der Waals surface area contributed by atoms with Crippen molar-refractivity contribution in [3.63, 3.8) is 0 Å². The summed E-state index contributed by atoms with van der Waals surface area (Å²) in [5.74, 6) is -0.172. The molecule has 0 saturated heterocycles. The van der Waals surface area contributed by atoms with Crippen molar-refractivity contribution in [3.05, 3.63) is 77.2 Å². The number of amides is 1. The minimum absolute atomic E-state index is 0.172. The van der Waals surface area contributed by atoms with E-state index in [2.05, 4.69) is 15.3 Å². The normalized spacial score (nSPS) is 10.7. The number of hydrogen-bond donors (Lipinski definition) is 1. The van der Waals surface area contributed by atoms with E-state index in [1.165, 1.54) is 11.3 Å². The van der Waals surface area contributed by atoms with Crippen molar-refractivity contribution in [2.75, 3.05) is 5.32 Å². The molecule has 1 N–H and O–H groups in total. The van der Waals surface area contributed by atoms with Crippen LogP contribution in [0.25, 0.3) is 22.2 Å². The monoisotopic (exact) mass is 331 g/mol. The van der Waals surface area contributed by atoms with Gasteiger partial charge in [-0.25, -0.2) is 4.98 Å². The zero-order valence-electron chi connectivity index (χ0n) is 12.6. The first-order valence-electron chi connectivity index (χ1n) is 7.47. The molecule has 4 aromatic rings. The van der Waals surface area contributed by atoms with Crippen molar-refractivity contribution in [2.45, 2.75) is 0 Å². The van der Waals surface area contributed by atoms with Gasteiger partial charge in [0.15, 0.2) is 0 Å². The van der Waals surface area contributed by atoms with Crippen LogP contribution in [-0.4, -0.2) is 15.9 Å². The number of carbonyl (C=O) groups is 1. The second-order valence-corrected chi connectivity index (χ2v) is 6.09. The Kier molecular flexibility index (Phi) is 3.76. The highest BCUT2D eigenvalue weighted by Gasteiger charge is 2.17. The fourth-order valence-corrected chi connectivity index (χ4v) is 3.30. The third kappa shape index (κ3) is 2.66. The largest absolute Gasteiger partial charge is 0.319 e. The number of thiazole rings is 1. The Morgan fingerprint density at radius 1 is 0.917 bits per heavy atom. The molecule has 24 heavy (non-hydrogen) atoms. The van der Waals surface area contributed by atoms with Crippen LogP contribution >= 0.6 is 11.3 Å². The van der Waals surface area contributed by atoms with Crippen molar-refractivity contribution >= 4 is 33.8 Å². The van der Waals surface area contributed by atoms with E-state index in [0.29, 0.717) is 16.3 Å². The third-order valence-corrected chi connectivity index (χ3v) is 4.53. The summed E-state index contributed by atoms with van der Waals surface area (Å²) < 4.78 is 0. The van der Waals surface area contributed by atoms with E-state index in [0.717, 1.165) is 16.5 Å². The number of hydrogen-bond acceptors (Lipinski definition) is 4. The maximum Gasteiger partial charge on any atom is 0.268 e. The molecule has 116 valence electrons. The van der Waals surface area contributed by atoms with Gasteiger partial charge in [0.1, 0.15) is 4.88 Å². The molecule has 0 aliphatic carbocycles. The van der Waals surface area contributed by atoms with Gasteiger partial charge in [-0.15, -0.1) is 11.3 Å². The van der Waals surface area contributed by atoms with Crippen molar-refractivity contribution in [2.24, 2.45) is 0 Å². The first-order valence-corrected chi connectivity index (χ1v) is 8.35. The van der Waals surface area contributed by atoms with E-state index in [-0.39, 0.29) is 5.91 Å². The minimum atomic E-state index is -0.172. The van der Waals surface area contributed by atoms with Crippen LogP contribution < -0.4 is 5.32 Å². The summed E-state index contributed by atoms with van der Waals surface area (Å²) in [5, 5.41) is 3.96. The summed E-state index contributed by atoms with van der Waals surface area (Å²) in [4.78, 5) is 22.1. The van der Waals surface area contributed by atoms with Gasteiger partial charge in [-0.05, 0) is 12.1 Å². The van der Waals surface area contributed by atoms with Gasteiger partial charge in [-0.2, -0.15) is 0 Å². The van der Waals surface area contributed by atoms with Crippen molar-refractivity contribution in [1.29, 1.82) is 0 Å². The molecule has 0 radical (unpaired) electrons. The fraction of sp³-hybridized carbons (Fsp3) is 0. The van der Waals surface area contributed by atoms with Gasteiger partial charge in [0.25, 0.3) is 5.91 Å². The third-order valence-electron chi connectivity index (χ3n) is 3.70. The number of rotatable bonds is 3. The smallest absolute Gasteiger partial charge is 0.268 e. The molecule has 0 fully saturated rings. The van der Waals surface area contributed by atoms with Crippen LogP contribution in [0.1, 0.15) is 9.67 Å². The molecule has 0 unspecified atom stereocenters. The summed E-state index contributed by atoms with van der Waals surface area (Å²) in [6.07, 6.45) is 1.72. The molecule has 2 aromatic carbocycles. The molecule has 0 bridgehead atoms. The number of pyridine rings is 1. The van der Waals surface area contributed by atoms with Gasteiger partial charge in [0.2, 0.25) is 0 Å². The van der Waals surface area contributed by atoms with Crippen LogP contribution in [-0.2, 0) is 0 Å². The van der Waals surface area contributed by atoms with E-state index in [1.54, 1.807) is 11.7 Å². The number of carbonyl (C=O) groups excluding carboxylic acids is 1. The highest BCUT2D eigenvalue weighted by molar-refractivity contribution is 7.12. The van der Waals surface area contributed by atoms with Crippen LogP contribution in [0.4, 0.5) is 5.69 Å². The average Bonchev–Trinajstić information content (AvgIpc) is 3.13. The van der Waals surface area contributed by atoms with Crippen LogP contribution in [0.3, 0.4) is 0 Å².